The van der Waals surface area contributed by atoms with Crippen molar-refractivity contribution in [3.63, 3.8) is 0 Å². The molecule has 7 rings (SSSR count). The van der Waals surface area contributed by atoms with E-state index in [1.807, 2.05) is 37.3 Å². The molecule has 8 atom stereocenters. The number of carbonyl (C=O) groups excluding carboxylic acids is 4. The Kier molecular flexibility index (Phi) is 13.7. The van der Waals surface area contributed by atoms with E-state index in [-0.39, 0.29) is 60.1 Å². The number of carbonyl (C=O) groups is 4. The smallest absolute Gasteiger partial charge is 0.355 e. The number of nitrogens with one attached hydrogen (secondary N) is 2. The average Bonchev–Trinajstić information content (AvgIpc) is 4.01. The van der Waals surface area contributed by atoms with Crippen molar-refractivity contribution >= 4 is 52.6 Å². The Bertz CT molecular complexity index is 2270. The second-order valence-electron chi connectivity index (χ2n) is 15.9. The van der Waals surface area contributed by atoms with E-state index in [0.29, 0.717) is 47.3 Å². The first-order valence-corrected chi connectivity index (χ1v) is 23.3. The molecule has 0 bridgehead atoms. The van der Waals surface area contributed by atoms with Crippen molar-refractivity contribution in [2.75, 3.05) is 26.2 Å². The number of para-hydroxylation sites is 1. The van der Waals surface area contributed by atoms with Gasteiger partial charge in [0.25, 0.3) is 5.91 Å². The highest BCUT2D eigenvalue weighted by Gasteiger charge is 2.47. The Morgan fingerprint density at radius 1 is 0.983 bits per heavy atom. The molecule has 3 saturated heterocycles. The number of benzene rings is 3. The van der Waals surface area contributed by atoms with Crippen LogP contribution >= 0.6 is 18.9 Å². The maximum absolute atomic E-state index is 16.5. The van der Waals surface area contributed by atoms with Gasteiger partial charge in [0.15, 0.2) is 0 Å². The lowest BCUT2D eigenvalue weighted by atomic mass is 9.90. The first-order chi connectivity index (χ1) is 29.0. The highest BCUT2D eigenvalue weighted by atomic mass is 32.1. The fourth-order valence-corrected chi connectivity index (χ4v) is 11.5. The van der Waals surface area contributed by atoms with Crippen LogP contribution in [0.2, 0.25) is 0 Å². The van der Waals surface area contributed by atoms with Gasteiger partial charge in [0, 0.05) is 36.3 Å². The summed E-state index contributed by atoms with van der Waals surface area (Å²) >= 11 is 1.21. The lowest BCUT2D eigenvalue weighted by molar-refractivity contribution is -0.148. The topological polar surface area (TPSA) is 158 Å². The fraction of sp³-hybridized carbons (Fsp3) is 0.444. The fourth-order valence-electron chi connectivity index (χ4n) is 8.65. The maximum Gasteiger partial charge on any atom is 0.355 e. The van der Waals surface area contributed by atoms with Crippen LogP contribution in [-0.4, -0.2) is 77.9 Å². The molecule has 0 saturated carbocycles. The third-order valence-electron chi connectivity index (χ3n) is 11.8. The molecule has 2 unspecified atom stereocenters. The van der Waals surface area contributed by atoms with Crippen LogP contribution in [-0.2, 0) is 23.7 Å². The van der Waals surface area contributed by atoms with Gasteiger partial charge < -0.3 is 24.4 Å². The van der Waals surface area contributed by atoms with Crippen LogP contribution in [0.4, 0.5) is 4.39 Å². The van der Waals surface area contributed by atoms with E-state index < -0.39 is 37.4 Å². The number of rotatable bonds is 14. The average molecular weight is 856 g/mol. The number of likely N-dealkylation sites (tertiary alicyclic amines) is 1. The summed E-state index contributed by atoms with van der Waals surface area (Å²) < 4.78 is 42.4. The maximum atomic E-state index is 16.5. The predicted octanol–water partition coefficient (Wildman–Crippen LogP) is 8.12. The summed E-state index contributed by atoms with van der Waals surface area (Å²) in [6.07, 6.45) is 5.01. The minimum atomic E-state index is -4.44. The van der Waals surface area contributed by atoms with Gasteiger partial charge in [-0.15, -0.1) is 11.3 Å². The van der Waals surface area contributed by atoms with Crippen molar-refractivity contribution < 1.29 is 37.4 Å². The molecule has 4 heterocycles. The minimum absolute atomic E-state index is 0.0326. The molecule has 3 fully saturated rings. The van der Waals surface area contributed by atoms with E-state index in [9.17, 15) is 29.0 Å². The summed E-state index contributed by atoms with van der Waals surface area (Å²) in [5, 5.41) is 16.1. The van der Waals surface area contributed by atoms with Gasteiger partial charge in [0.05, 0.1) is 29.4 Å². The third-order valence-corrected chi connectivity index (χ3v) is 15.0. The van der Waals surface area contributed by atoms with Gasteiger partial charge >= 0.3 is 13.5 Å². The number of hydrogen-bond acceptors (Lipinski definition) is 9. The number of amides is 3. The van der Waals surface area contributed by atoms with Gasteiger partial charge in [0.1, 0.15) is 17.8 Å². The molecule has 0 spiro atoms. The van der Waals surface area contributed by atoms with Crippen molar-refractivity contribution in [2.24, 2.45) is 11.8 Å². The van der Waals surface area contributed by atoms with Crippen molar-refractivity contribution in [1.29, 1.82) is 5.26 Å². The molecule has 0 aliphatic carbocycles. The summed E-state index contributed by atoms with van der Waals surface area (Å²) in [5.74, 6) is -4.29. The van der Waals surface area contributed by atoms with Crippen molar-refractivity contribution in [3.8, 4) is 11.8 Å². The summed E-state index contributed by atoms with van der Waals surface area (Å²) in [4.78, 5) is 58.5. The Morgan fingerprint density at radius 3 is 2.45 bits per heavy atom. The van der Waals surface area contributed by atoms with Crippen LogP contribution in [0.3, 0.4) is 0 Å². The zero-order valence-corrected chi connectivity index (χ0v) is 35.5. The van der Waals surface area contributed by atoms with E-state index in [4.69, 9.17) is 9.26 Å². The van der Waals surface area contributed by atoms with Gasteiger partial charge in [0.2, 0.25) is 17.7 Å². The summed E-state index contributed by atoms with van der Waals surface area (Å²) in [5.41, 5.74) is 1.06. The van der Waals surface area contributed by atoms with Crippen molar-refractivity contribution in [1.82, 2.24) is 20.2 Å². The van der Waals surface area contributed by atoms with Gasteiger partial charge in [-0.25, -0.2) is 9.48 Å². The lowest BCUT2D eigenvalue weighted by Gasteiger charge is -2.36. The number of thiophene rings is 1. The zero-order chi connectivity index (χ0) is 42.4. The van der Waals surface area contributed by atoms with Gasteiger partial charge in [-0.2, -0.15) is 5.26 Å². The Labute approximate surface area is 353 Å². The van der Waals surface area contributed by atoms with Gasteiger partial charge in [-0.1, -0.05) is 74.4 Å². The number of hydrogen-bond donors (Lipinski definition) is 2. The number of nitrogens with zero attached hydrogens (tertiary/aromatic N) is 3. The van der Waals surface area contributed by atoms with E-state index >= 15 is 4.39 Å². The number of alkyl halides is 1. The summed E-state index contributed by atoms with van der Waals surface area (Å²) in [7, 11) is -4.44. The molecular formula is C45H51FN5O7PS. The standard InChI is InChI=1S/C45H51FN5O7PS/c1-3-22-57-45(55)29(2)49-59(56,58-36-16-8-5-9-17-36)41(46)31-18-21-39-33(23-31)24-40(60-39)42(52)48-26-32-14-10-11-15-35-19-20-38(51(35)43(32)53)44(54)50-27-34(25-47)37(28-50)30-12-6-4-7-13-30/h4-9,12-13,16-18,21,23-24,29,32,34-35,37-38,41H,3,10-11,14-15,19-20,22,26-28H2,1-2H3,(H,48,52)(H,49,56)/t29-,32?,34+,35-,37-,38-,41+,59?/m0/s1. The highest BCUT2D eigenvalue weighted by Crippen LogP contribution is 2.58. The molecule has 0 radical (unpaired) electrons. The Morgan fingerprint density at radius 2 is 1.72 bits per heavy atom. The van der Waals surface area contributed by atoms with Gasteiger partial charge in [-0.05, 0) is 85.9 Å². The van der Waals surface area contributed by atoms with E-state index in [2.05, 4.69) is 16.5 Å². The third kappa shape index (κ3) is 9.44. The summed E-state index contributed by atoms with van der Waals surface area (Å²) in [6, 6.07) is 24.8. The number of ether oxygens (including phenoxy) is 1. The normalized spacial score (nSPS) is 23.7. The molecule has 316 valence electrons. The van der Waals surface area contributed by atoms with Crippen LogP contribution in [0.15, 0.2) is 84.9 Å². The largest absolute Gasteiger partial charge is 0.465 e. The monoisotopic (exact) mass is 855 g/mol. The Balaban J connectivity index is 1.03. The minimum Gasteiger partial charge on any atom is -0.465 e. The highest BCUT2D eigenvalue weighted by molar-refractivity contribution is 7.57. The molecule has 2 N–H and O–H groups in total. The molecule has 12 nitrogen and oxygen atoms in total. The van der Waals surface area contributed by atoms with E-state index in [1.54, 1.807) is 52.3 Å². The van der Waals surface area contributed by atoms with Crippen LogP contribution < -0.4 is 14.9 Å². The molecule has 3 amide bonds. The zero-order valence-electron chi connectivity index (χ0n) is 33.8. The van der Waals surface area contributed by atoms with Crippen LogP contribution in [0.25, 0.3) is 10.1 Å². The molecule has 15 heteroatoms. The van der Waals surface area contributed by atoms with Crippen LogP contribution in [0, 0.1) is 23.2 Å². The molecular weight excluding hydrogens is 805 g/mol. The SMILES string of the molecule is CCCOC(=O)[C@H](C)NP(=O)(Oc1ccccc1)[C@@H](F)c1ccc2sc(C(=O)NCC3CCCC[C@H]4CC[C@@H](C(=O)N5C[C@@H](C#N)[C@H](c6ccccc6)C5)N4C3=O)cc2c1. The molecule has 3 aliphatic rings. The molecule has 3 aromatic carbocycles. The van der Waals surface area contributed by atoms with E-state index in [0.717, 1.165) is 31.2 Å². The number of nitriles is 1. The second kappa shape index (κ2) is 19.1. The van der Waals surface area contributed by atoms with Crippen LogP contribution in [0.1, 0.15) is 91.4 Å². The van der Waals surface area contributed by atoms with Gasteiger partial charge in [-0.3, -0.25) is 23.7 Å². The quantitative estimate of drug-likeness (QED) is 0.0944. The lowest BCUT2D eigenvalue weighted by Crippen LogP contribution is -2.53. The molecule has 1 aromatic heterocycles. The van der Waals surface area contributed by atoms with Crippen molar-refractivity contribution in [3.05, 3.63) is 101 Å². The number of fused-ring (bicyclic) bond motifs is 2. The predicted molar refractivity (Wildman–Crippen MR) is 227 cm³/mol. The first kappa shape index (κ1) is 43.0. The second-order valence-corrected chi connectivity index (χ2v) is 19.1. The molecule has 4 aromatic rings. The van der Waals surface area contributed by atoms with E-state index in [1.165, 1.54) is 30.4 Å². The first-order valence-electron chi connectivity index (χ1n) is 20.8. The molecule has 3 aliphatic heterocycles. The van der Waals surface area contributed by atoms with Crippen LogP contribution in [0.5, 0.6) is 5.75 Å². The Hall–Kier alpha value is -5.09. The number of esters is 1. The number of halogens is 1. The summed E-state index contributed by atoms with van der Waals surface area (Å²) in [6.45, 7) is 4.29. The molecule has 60 heavy (non-hydrogen) atoms. The van der Waals surface area contributed by atoms with Crippen molar-refractivity contribution in [2.45, 2.75) is 88.7 Å².